The molecule has 3 atom stereocenters. The Morgan fingerprint density at radius 3 is 2.71 bits per heavy atom. The smallest absolute Gasteiger partial charge is 0.104 e. The Bertz CT molecular complexity index is 168. The van der Waals surface area contributed by atoms with Crippen LogP contribution in [0.5, 0.6) is 0 Å². The van der Waals surface area contributed by atoms with E-state index in [1.165, 1.54) is 19.3 Å². The van der Waals surface area contributed by atoms with Gasteiger partial charge in [0.2, 0.25) is 0 Å². The molecule has 0 amide bonds. The summed E-state index contributed by atoms with van der Waals surface area (Å²) in [5.41, 5.74) is 0. The average Bonchev–Trinajstić information content (AvgIpc) is 3.02. The van der Waals surface area contributed by atoms with Crippen LogP contribution in [0.2, 0.25) is 0 Å². The molecule has 2 aliphatic rings. The zero-order valence-corrected chi connectivity index (χ0v) is 8.65. The summed E-state index contributed by atoms with van der Waals surface area (Å²) in [4.78, 5) is 0. The van der Waals surface area contributed by atoms with Gasteiger partial charge in [0.05, 0.1) is 13.2 Å². The predicted octanol–water partition coefficient (Wildman–Crippen LogP) is 1.20. The van der Waals surface area contributed by atoms with Crippen molar-refractivity contribution < 1.29 is 14.6 Å². The van der Waals surface area contributed by atoms with Gasteiger partial charge in [-0.25, -0.2) is 0 Å². The highest BCUT2D eigenvalue weighted by atomic mass is 16.6. The lowest BCUT2D eigenvalue weighted by Crippen LogP contribution is -2.22. The fourth-order valence-corrected chi connectivity index (χ4v) is 2.25. The van der Waals surface area contributed by atoms with Crippen LogP contribution in [0.3, 0.4) is 0 Å². The van der Waals surface area contributed by atoms with Gasteiger partial charge in [0, 0.05) is 13.2 Å². The number of rotatable bonds is 5. The molecule has 0 radical (unpaired) electrons. The van der Waals surface area contributed by atoms with E-state index in [4.69, 9.17) is 14.6 Å². The van der Waals surface area contributed by atoms with Crippen LogP contribution in [0, 0.1) is 11.8 Å². The van der Waals surface area contributed by atoms with Gasteiger partial charge in [-0.05, 0) is 31.1 Å². The summed E-state index contributed by atoms with van der Waals surface area (Å²) < 4.78 is 10.7. The second-order valence-corrected chi connectivity index (χ2v) is 4.57. The van der Waals surface area contributed by atoms with Crippen molar-refractivity contribution >= 4 is 0 Å². The number of ether oxygens (including phenoxy) is 2. The first kappa shape index (κ1) is 10.4. The second-order valence-electron chi connectivity index (χ2n) is 4.57. The van der Waals surface area contributed by atoms with Crippen LogP contribution >= 0.6 is 0 Å². The summed E-state index contributed by atoms with van der Waals surface area (Å²) in [6, 6.07) is 0. The molecule has 0 aromatic carbocycles. The van der Waals surface area contributed by atoms with Gasteiger partial charge in [-0.15, -0.1) is 0 Å². The maximum Gasteiger partial charge on any atom is 0.104 e. The van der Waals surface area contributed by atoms with Gasteiger partial charge in [0.1, 0.15) is 6.10 Å². The predicted molar refractivity (Wildman–Crippen MR) is 53.1 cm³/mol. The van der Waals surface area contributed by atoms with Crippen molar-refractivity contribution in [2.45, 2.75) is 31.8 Å². The molecule has 0 aromatic rings. The first-order valence-electron chi connectivity index (χ1n) is 5.68. The Morgan fingerprint density at radius 2 is 2.00 bits per heavy atom. The van der Waals surface area contributed by atoms with Gasteiger partial charge in [-0.1, -0.05) is 6.42 Å². The van der Waals surface area contributed by atoms with Crippen molar-refractivity contribution in [2.75, 3.05) is 26.4 Å². The molecular formula is C11H20O3. The molecule has 1 N–H and O–H groups in total. The molecule has 82 valence electrons. The molecule has 2 fully saturated rings. The van der Waals surface area contributed by atoms with Gasteiger partial charge in [-0.2, -0.15) is 0 Å². The van der Waals surface area contributed by atoms with Gasteiger partial charge in [0.15, 0.2) is 0 Å². The van der Waals surface area contributed by atoms with E-state index in [0.29, 0.717) is 24.5 Å². The summed E-state index contributed by atoms with van der Waals surface area (Å²) in [5.74, 6) is 1.19. The summed E-state index contributed by atoms with van der Waals surface area (Å²) in [5, 5.41) is 9.07. The number of aliphatic hydroxyl groups excluding tert-OH is 1. The molecule has 3 heteroatoms. The van der Waals surface area contributed by atoms with Crippen molar-refractivity contribution in [2.24, 2.45) is 11.8 Å². The quantitative estimate of drug-likeness (QED) is 0.678. The van der Waals surface area contributed by atoms with Gasteiger partial charge in [-0.3, -0.25) is 0 Å². The first-order valence-corrected chi connectivity index (χ1v) is 5.68. The van der Waals surface area contributed by atoms with Crippen LogP contribution in [0.4, 0.5) is 0 Å². The van der Waals surface area contributed by atoms with Gasteiger partial charge < -0.3 is 14.6 Å². The third-order valence-electron chi connectivity index (χ3n) is 3.21. The molecule has 0 bridgehead atoms. The molecule has 1 saturated carbocycles. The highest BCUT2D eigenvalue weighted by Crippen LogP contribution is 2.28. The lowest BCUT2D eigenvalue weighted by Gasteiger charge is -2.27. The van der Waals surface area contributed by atoms with E-state index in [-0.39, 0.29) is 0 Å². The highest BCUT2D eigenvalue weighted by molar-refractivity contribution is 4.73. The van der Waals surface area contributed by atoms with E-state index >= 15 is 0 Å². The zero-order valence-electron chi connectivity index (χ0n) is 8.65. The fourth-order valence-electron chi connectivity index (χ4n) is 2.25. The van der Waals surface area contributed by atoms with Crippen molar-refractivity contribution in [3.8, 4) is 0 Å². The van der Waals surface area contributed by atoms with Crippen molar-refractivity contribution in [3.63, 3.8) is 0 Å². The van der Waals surface area contributed by atoms with Crippen LogP contribution < -0.4 is 0 Å². The van der Waals surface area contributed by atoms with Crippen LogP contribution in [0.1, 0.15) is 25.7 Å². The van der Waals surface area contributed by atoms with Crippen molar-refractivity contribution in [1.82, 2.24) is 0 Å². The Labute approximate surface area is 85.4 Å². The highest BCUT2D eigenvalue weighted by Gasteiger charge is 2.25. The number of epoxide rings is 1. The van der Waals surface area contributed by atoms with Crippen LogP contribution in [0.15, 0.2) is 0 Å². The van der Waals surface area contributed by atoms with E-state index in [1.54, 1.807) is 0 Å². The Morgan fingerprint density at radius 1 is 1.21 bits per heavy atom. The van der Waals surface area contributed by atoms with Crippen molar-refractivity contribution in [3.05, 3.63) is 0 Å². The average molecular weight is 200 g/mol. The summed E-state index contributed by atoms with van der Waals surface area (Å²) in [6.07, 6.45) is 5.23. The van der Waals surface area contributed by atoms with Crippen LogP contribution in [-0.4, -0.2) is 37.6 Å². The Balaban J connectivity index is 1.58. The fraction of sp³-hybridized carbons (Fsp3) is 1.00. The SMILES string of the molecule is OCC1CCCC(COCC2CO2)C1. The maximum absolute atomic E-state index is 9.07. The third kappa shape index (κ3) is 3.23. The zero-order chi connectivity index (χ0) is 9.80. The molecule has 0 spiro atoms. The van der Waals surface area contributed by atoms with Crippen LogP contribution in [0.25, 0.3) is 0 Å². The number of hydrogen-bond acceptors (Lipinski definition) is 3. The minimum atomic E-state index is 0.349. The summed E-state index contributed by atoms with van der Waals surface area (Å²) in [7, 11) is 0. The molecule has 2 rings (SSSR count). The second kappa shape index (κ2) is 5.10. The molecular weight excluding hydrogens is 180 g/mol. The number of hydrogen-bond donors (Lipinski definition) is 1. The lowest BCUT2D eigenvalue weighted by molar-refractivity contribution is 0.0556. The van der Waals surface area contributed by atoms with Crippen molar-refractivity contribution in [1.29, 1.82) is 0 Å². The topological polar surface area (TPSA) is 42.0 Å². The van der Waals surface area contributed by atoms with Gasteiger partial charge in [0.25, 0.3) is 0 Å². The maximum atomic E-state index is 9.07. The van der Waals surface area contributed by atoms with E-state index in [2.05, 4.69) is 0 Å². The molecule has 1 aliphatic carbocycles. The molecule has 1 heterocycles. The van der Waals surface area contributed by atoms with Gasteiger partial charge >= 0.3 is 0 Å². The molecule has 1 saturated heterocycles. The minimum Gasteiger partial charge on any atom is -0.396 e. The monoisotopic (exact) mass is 200 g/mol. The molecule has 3 unspecified atom stereocenters. The Kier molecular flexibility index (Phi) is 3.79. The number of aliphatic hydroxyl groups is 1. The molecule has 3 nitrogen and oxygen atoms in total. The van der Waals surface area contributed by atoms with E-state index in [1.807, 2.05) is 0 Å². The third-order valence-corrected chi connectivity index (χ3v) is 3.21. The normalized spacial score (nSPS) is 37.1. The van der Waals surface area contributed by atoms with E-state index < -0.39 is 0 Å². The van der Waals surface area contributed by atoms with Crippen LogP contribution in [-0.2, 0) is 9.47 Å². The van der Waals surface area contributed by atoms with E-state index in [0.717, 1.165) is 26.2 Å². The largest absolute Gasteiger partial charge is 0.396 e. The first-order chi connectivity index (χ1) is 6.88. The minimum absolute atomic E-state index is 0.349. The molecule has 1 aliphatic heterocycles. The van der Waals surface area contributed by atoms with E-state index in [9.17, 15) is 0 Å². The summed E-state index contributed by atoms with van der Waals surface area (Å²) >= 11 is 0. The lowest BCUT2D eigenvalue weighted by atomic mass is 9.82. The standard InChI is InChI=1S/C11H20O3/c12-5-9-2-1-3-10(4-9)6-13-7-11-8-14-11/h9-12H,1-8H2. The molecule has 14 heavy (non-hydrogen) atoms. The summed E-state index contributed by atoms with van der Waals surface area (Å²) in [6.45, 7) is 2.85. The molecule has 0 aromatic heterocycles. The Hall–Kier alpha value is -0.120.